The Hall–Kier alpha value is -3.24. The first-order valence-electron chi connectivity index (χ1n) is 9.35. The summed E-state index contributed by atoms with van der Waals surface area (Å²) in [5, 5.41) is 4.15. The van der Waals surface area contributed by atoms with E-state index < -0.39 is 38.3 Å². The Morgan fingerprint density at radius 1 is 1.03 bits per heavy atom. The van der Waals surface area contributed by atoms with Crippen LogP contribution in [0.1, 0.15) is 21.5 Å². The summed E-state index contributed by atoms with van der Waals surface area (Å²) in [6.45, 7) is 0. The lowest BCUT2D eigenvalue weighted by atomic mass is 10.0. The van der Waals surface area contributed by atoms with Crippen LogP contribution in [0.2, 0.25) is 5.02 Å². The van der Waals surface area contributed by atoms with Crippen molar-refractivity contribution in [2.24, 2.45) is 0 Å². The Balaban J connectivity index is 1.74. The Kier molecular flexibility index (Phi) is 5.75. The van der Waals surface area contributed by atoms with E-state index in [1.54, 1.807) is 0 Å². The number of hydrogen-bond acceptors (Lipinski definition) is 4. The molecule has 0 fully saturated rings. The molecular formula is C22H13ClF4N2O3S. The monoisotopic (exact) mass is 496 g/mol. The molecule has 0 unspecified atom stereocenters. The van der Waals surface area contributed by atoms with Gasteiger partial charge in [0.1, 0.15) is 5.82 Å². The van der Waals surface area contributed by atoms with Crippen LogP contribution in [0.5, 0.6) is 0 Å². The van der Waals surface area contributed by atoms with Gasteiger partial charge in [-0.2, -0.15) is 30.8 Å². The number of hydrogen-bond donors (Lipinski definition) is 0. The molecular weight excluding hydrogens is 484 g/mol. The molecule has 33 heavy (non-hydrogen) atoms. The van der Waals surface area contributed by atoms with Gasteiger partial charge in [-0.05, 0) is 42.0 Å². The van der Waals surface area contributed by atoms with Gasteiger partial charge >= 0.3 is 6.18 Å². The maximum absolute atomic E-state index is 14.1. The first-order chi connectivity index (χ1) is 15.5. The van der Waals surface area contributed by atoms with Gasteiger partial charge in [-0.25, -0.2) is 4.39 Å². The van der Waals surface area contributed by atoms with Crippen molar-refractivity contribution >= 4 is 38.3 Å². The maximum Gasteiger partial charge on any atom is 0.416 e. The molecule has 0 bridgehead atoms. The zero-order valence-corrected chi connectivity index (χ0v) is 18.0. The molecule has 1 heterocycles. The van der Waals surface area contributed by atoms with Gasteiger partial charge in [0.15, 0.2) is 5.78 Å². The van der Waals surface area contributed by atoms with Crippen molar-refractivity contribution in [2.75, 3.05) is 0 Å². The fourth-order valence-electron chi connectivity index (χ4n) is 3.31. The number of carbonyl (C=O) groups is 1. The van der Waals surface area contributed by atoms with Crippen LogP contribution < -0.4 is 0 Å². The largest absolute Gasteiger partial charge is 0.416 e. The summed E-state index contributed by atoms with van der Waals surface area (Å²) in [4.78, 5) is 12.0. The average Bonchev–Trinajstić information content (AvgIpc) is 3.17. The highest BCUT2D eigenvalue weighted by Gasteiger charge is 2.32. The highest BCUT2D eigenvalue weighted by atomic mass is 35.5. The molecule has 3 aromatic carbocycles. The second-order valence-electron chi connectivity index (χ2n) is 7.11. The number of fused-ring (bicyclic) bond motifs is 1. The van der Waals surface area contributed by atoms with Gasteiger partial charge in [0.25, 0.3) is 10.0 Å². The molecule has 0 radical (unpaired) electrons. The SMILES string of the molecule is O=C(Cc1ccc2cnn(S(=O)(=O)c3cccc(C(F)(F)F)c3)c2c1)c1c(F)cccc1Cl. The molecule has 170 valence electrons. The van der Waals surface area contributed by atoms with Crippen molar-refractivity contribution in [3.8, 4) is 0 Å². The Morgan fingerprint density at radius 2 is 1.76 bits per heavy atom. The molecule has 5 nitrogen and oxygen atoms in total. The molecule has 0 amide bonds. The van der Waals surface area contributed by atoms with Crippen molar-refractivity contribution < 1.29 is 30.8 Å². The standard InChI is InChI=1S/C22H13ClF4N2O3S/c23-17-5-2-6-18(24)21(17)20(30)10-13-7-8-14-12-28-29(19(14)9-13)33(31,32)16-4-1-3-15(11-16)22(25,26)27/h1-9,11-12H,10H2. The molecule has 0 saturated heterocycles. The van der Waals surface area contributed by atoms with Crippen LogP contribution in [0, 0.1) is 5.82 Å². The van der Waals surface area contributed by atoms with Crippen LogP contribution in [0.15, 0.2) is 71.8 Å². The Morgan fingerprint density at radius 3 is 2.45 bits per heavy atom. The molecule has 0 saturated carbocycles. The molecule has 4 rings (SSSR count). The lowest BCUT2D eigenvalue weighted by Gasteiger charge is -2.10. The highest BCUT2D eigenvalue weighted by Crippen LogP contribution is 2.31. The lowest BCUT2D eigenvalue weighted by molar-refractivity contribution is -0.137. The van der Waals surface area contributed by atoms with Crippen LogP contribution in [-0.2, 0) is 22.6 Å². The maximum atomic E-state index is 14.1. The van der Waals surface area contributed by atoms with Crippen LogP contribution in [0.3, 0.4) is 0 Å². The van der Waals surface area contributed by atoms with E-state index in [1.807, 2.05) is 0 Å². The number of nitrogens with zero attached hydrogens (tertiary/aromatic N) is 2. The van der Waals surface area contributed by atoms with Crippen LogP contribution in [0.4, 0.5) is 17.6 Å². The van der Waals surface area contributed by atoms with Crippen LogP contribution in [0.25, 0.3) is 10.9 Å². The van der Waals surface area contributed by atoms with Crippen LogP contribution in [-0.4, -0.2) is 23.4 Å². The zero-order chi connectivity index (χ0) is 24.0. The van der Waals surface area contributed by atoms with Gasteiger partial charge in [0.05, 0.1) is 32.8 Å². The summed E-state index contributed by atoms with van der Waals surface area (Å²) in [6.07, 6.45) is -3.77. The Labute approximate surface area is 190 Å². The molecule has 0 spiro atoms. The summed E-state index contributed by atoms with van der Waals surface area (Å²) in [5.74, 6) is -1.41. The second-order valence-corrected chi connectivity index (χ2v) is 9.28. The van der Waals surface area contributed by atoms with E-state index in [9.17, 15) is 30.8 Å². The number of alkyl halides is 3. The van der Waals surface area contributed by atoms with Gasteiger partial charge in [-0.3, -0.25) is 4.79 Å². The fourth-order valence-corrected chi connectivity index (χ4v) is 4.90. The average molecular weight is 497 g/mol. The number of aromatic nitrogens is 2. The van der Waals surface area contributed by atoms with Crippen molar-refractivity contribution in [1.29, 1.82) is 0 Å². The second kappa shape index (κ2) is 8.27. The predicted molar refractivity (Wildman–Crippen MR) is 113 cm³/mol. The zero-order valence-electron chi connectivity index (χ0n) is 16.5. The predicted octanol–water partition coefficient (Wildman–Crippen LogP) is 5.51. The first-order valence-corrected chi connectivity index (χ1v) is 11.2. The molecule has 0 N–H and O–H groups in total. The summed E-state index contributed by atoms with van der Waals surface area (Å²) < 4.78 is 79.8. The number of Topliss-reactive ketones (excluding diaryl/α,β-unsaturated/α-hetero) is 1. The number of halogens is 5. The molecule has 4 aromatic rings. The molecule has 1 aromatic heterocycles. The number of ketones is 1. The normalized spacial score (nSPS) is 12.3. The summed E-state index contributed by atoms with van der Waals surface area (Å²) in [7, 11) is -4.48. The lowest BCUT2D eigenvalue weighted by Crippen LogP contribution is -2.16. The van der Waals surface area contributed by atoms with Gasteiger partial charge in [-0.15, -0.1) is 0 Å². The van der Waals surface area contributed by atoms with Crippen molar-refractivity contribution in [3.63, 3.8) is 0 Å². The molecule has 0 aliphatic carbocycles. The minimum Gasteiger partial charge on any atom is -0.294 e. The smallest absolute Gasteiger partial charge is 0.294 e. The third kappa shape index (κ3) is 4.36. The van der Waals surface area contributed by atoms with Crippen molar-refractivity contribution in [1.82, 2.24) is 9.19 Å². The molecule has 11 heteroatoms. The van der Waals surface area contributed by atoms with E-state index in [2.05, 4.69) is 5.10 Å². The quantitative estimate of drug-likeness (QED) is 0.270. The minimum absolute atomic E-state index is 0.0531. The fraction of sp³-hybridized carbons (Fsp3) is 0.0909. The van der Waals surface area contributed by atoms with E-state index in [-0.39, 0.29) is 22.5 Å². The van der Waals surface area contributed by atoms with Gasteiger partial charge in [0.2, 0.25) is 0 Å². The van der Waals surface area contributed by atoms with Gasteiger partial charge in [0, 0.05) is 11.8 Å². The van der Waals surface area contributed by atoms with E-state index >= 15 is 0 Å². The van der Waals surface area contributed by atoms with E-state index in [0.717, 1.165) is 24.3 Å². The molecule has 0 aliphatic heterocycles. The Bertz CT molecular complexity index is 1480. The van der Waals surface area contributed by atoms with Crippen molar-refractivity contribution in [3.05, 3.63) is 94.4 Å². The van der Waals surface area contributed by atoms with Crippen LogP contribution >= 0.6 is 11.6 Å². The highest BCUT2D eigenvalue weighted by molar-refractivity contribution is 7.90. The topological polar surface area (TPSA) is 69.0 Å². The summed E-state index contributed by atoms with van der Waals surface area (Å²) >= 11 is 5.93. The van der Waals surface area contributed by atoms with E-state index in [1.165, 1.54) is 36.5 Å². The third-order valence-corrected chi connectivity index (χ3v) is 6.81. The molecule has 0 aliphatic rings. The summed E-state index contributed by atoms with van der Waals surface area (Å²) in [6, 6.07) is 11.5. The first kappa shape index (κ1) is 22.9. The molecule has 0 atom stereocenters. The minimum atomic E-state index is -4.72. The van der Waals surface area contributed by atoms with E-state index in [0.29, 0.717) is 21.1 Å². The third-order valence-electron chi connectivity index (χ3n) is 4.90. The summed E-state index contributed by atoms with van der Waals surface area (Å²) in [5.41, 5.74) is -1.01. The van der Waals surface area contributed by atoms with E-state index in [4.69, 9.17) is 11.6 Å². The van der Waals surface area contributed by atoms with Gasteiger partial charge in [-0.1, -0.05) is 35.9 Å². The number of rotatable bonds is 5. The number of carbonyl (C=O) groups excluding carboxylic acids is 1. The van der Waals surface area contributed by atoms with Crippen molar-refractivity contribution in [2.45, 2.75) is 17.5 Å². The van der Waals surface area contributed by atoms with Gasteiger partial charge < -0.3 is 0 Å². The number of benzene rings is 3.